The Labute approximate surface area is 114 Å². The molecule has 2 nitrogen and oxygen atoms in total. The van der Waals surface area contributed by atoms with Crippen LogP contribution in [-0.2, 0) is 0 Å². The second kappa shape index (κ2) is 4.71. The zero-order valence-corrected chi connectivity index (χ0v) is 11.4. The molecule has 0 spiro atoms. The van der Waals surface area contributed by atoms with Crippen molar-refractivity contribution in [2.24, 2.45) is 5.73 Å². The lowest BCUT2D eigenvalue weighted by molar-refractivity contribution is 0.161. The molecule has 19 heavy (non-hydrogen) atoms. The highest BCUT2D eigenvalue weighted by Gasteiger charge is 2.26. The molecule has 0 saturated heterocycles. The van der Waals surface area contributed by atoms with Crippen molar-refractivity contribution in [2.45, 2.75) is 32.4 Å². The van der Waals surface area contributed by atoms with Crippen molar-refractivity contribution >= 4 is 0 Å². The van der Waals surface area contributed by atoms with Gasteiger partial charge < -0.3 is 10.5 Å². The van der Waals surface area contributed by atoms with Crippen LogP contribution in [0.2, 0.25) is 0 Å². The van der Waals surface area contributed by atoms with Crippen LogP contribution in [0, 0.1) is 13.8 Å². The van der Waals surface area contributed by atoms with E-state index in [0.717, 1.165) is 17.7 Å². The van der Waals surface area contributed by atoms with Gasteiger partial charge in [0.05, 0.1) is 0 Å². The van der Waals surface area contributed by atoms with Crippen LogP contribution in [0.3, 0.4) is 0 Å². The van der Waals surface area contributed by atoms with Gasteiger partial charge in [0.25, 0.3) is 0 Å². The second-order valence-electron chi connectivity index (χ2n) is 5.40. The van der Waals surface area contributed by atoms with Crippen LogP contribution in [0.1, 0.15) is 40.8 Å². The third kappa shape index (κ3) is 2.36. The lowest BCUT2D eigenvalue weighted by Gasteiger charge is -2.31. The summed E-state index contributed by atoms with van der Waals surface area (Å²) in [5.41, 5.74) is 11.1. The molecule has 2 atom stereocenters. The second-order valence-corrected chi connectivity index (χ2v) is 5.40. The molecule has 0 aliphatic carbocycles. The summed E-state index contributed by atoms with van der Waals surface area (Å²) in [6.45, 7) is 4.18. The first-order chi connectivity index (χ1) is 9.13. The molecule has 2 aromatic carbocycles. The molecule has 2 heteroatoms. The van der Waals surface area contributed by atoms with E-state index in [1.54, 1.807) is 0 Å². The molecule has 3 rings (SSSR count). The van der Waals surface area contributed by atoms with E-state index in [0.29, 0.717) is 0 Å². The molecule has 1 heterocycles. The Hall–Kier alpha value is -1.80. The highest BCUT2D eigenvalue weighted by molar-refractivity contribution is 5.41. The molecule has 1 aliphatic heterocycles. The summed E-state index contributed by atoms with van der Waals surface area (Å²) in [6.07, 6.45) is 0.894. The predicted molar refractivity (Wildman–Crippen MR) is 77.3 cm³/mol. The first-order valence-corrected chi connectivity index (χ1v) is 6.73. The van der Waals surface area contributed by atoms with Crippen LogP contribution in [0.15, 0.2) is 42.5 Å². The van der Waals surface area contributed by atoms with E-state index < -0.39 is 0 Å². The van der Waals surface area contributed by atoms with Gasteiger partial charge in [-0.25, -0.2) is 0 Å². The smallest absolute Gasteiger partial charge is 0.126 e. The lowest BCUT2D eigenvalue weighted by Crippen LogP contribution is -2.24. The van der Waals surface area contributed by atoms with Crippen molar-refractivity contribution in [2.75, 3.05) is 0 Å². The van der Waals surface area contributed by atoms with Crippen LogP contribution in [0.4, 0.5) is 0 Å². The third-order valence-electron chi connectivity index (χ3n) is 3.72. The van der Waals surface area contributed by atoms with E-state index in [1.165, 1.54) is 16.7 Å². The first kappa shape index (κ1) is 12.2. The fraction of sp³-hybridized carbons (Fsp3) is 0.294. The maximum Gasteiger partial charge on any atom is 0.126 e. The molecule has 1 aliphatic rings. The minimum atomic E-state index is 0.0502. The van der Waals surface area contributed by atoms with Gasteiger partial charge in [-0.3, -0.25) is 0 Å². The summed E-state index contributed by atoms with van der Waals surface area (Å²) in [6, 6.07) is 14.8. The van der Waals surface area contributed by atoms with Gasteiger partial charge in [-0.2, -0.15) is 0 Å². The number of rotatable bonds is 1. The van der Waals surface area contributed by atoms with Gasteiger partial charge in [-0.15, -0.1) is 0 Å². The van der Waals surface area contributed by atoms with Crippen molar-refractivity contribution in [3.63, 3.8) is 0 Å². The standard InChI is InChI=1S/C17H19NO/c1-11-4-3-5-13(8-11)17-10-15(18)14-9-12(2)6-7-16(14)19-17/h3-9,15,17H,10,18H2,1-2H3/t15-,17?/m1/s1. The van der Waals surface area contributed by atoms with Crippen LogP contribution in [-0.4, -0.2) is 0 Å². The van der Waals surface area contributed by atoms with Gasteiger partial charge in [0, 0.05) is 18.0 Å². The van der Waals surface area contributed by atoms with E-state index in [1.807, 2.05) is 6.07 Å². The molecule has 2 aromatic rings. The van der Waals surface area contributed by atoms with Crippen LogP contribution in [0.5, 0.6) is 5.75 Å². The maximum absolute atomic E-state index is 6.30. The van der Waals surface area contributed by atoms with Crippen LogP contribution >= 0.6 is 0 Å². The van der Waals surface area contributed by atoms with Crippen molar-refractivity contribution < 1.29 is 4.74 Å². The minimum Gasteiger partial charge on any atom is -0.485 e. The molecule has 0 bridgehead atoms. The number of fused-ring (bicyclic) bond motifs is 1. The SMILES string of the molecule is Cc1cccc(C2C[C@@H](N)c3cc(C)ccc3O2)c1. The summed E-state index contributed by atoms with van der Waals surface area (Å²) in [4.78, 5) is 0. The van der Waals surface area contributed by atoms with E-state index in [2.05, 4.69) is 50.2 Å². The van der Waals surface area contributed by atoms with Crippen LogP contribution < -0.4 is 10.5 Å². The Morgan fingerprint density at radius 3 is 2.63 bits per heavy atom. The van der Waals surface area contributed by atoms with E-state index >= 15 is 0 Å². The summed E-state index contributed by atoms with van der Waals surface area (Å²) in [5, 5.41) is 0. The van der Waals surface area contributed by atoms with E-state index in [-0.39, 0.29) is 12.1 Å². The molecular weight excluding hydrogens is 234 g/mol. The lowest BCUT2D eigenvalue weighted by atomic mass is 9.92. The van der Waals surface area contributed by atoms with Crippen molar-refractivity contribution in [1.82, 2.24) is 0 Å². The molecule has 0 aromatic heterocycles. The van der Waals surface area contributed by atoms with Crippen molar-refractivity contribution in [1.29, 1.82) is 0 Å². The number of aryl methyl sites for hydroxylation is 2. The molecule has 1 unspecified atom stereocenters. The molecule has 98 valence electrons. The number of nitrogens with two attached hydrogens (primary N) is 1. The summed E-state index contributed by atoms with van der Waals surface area (Å²) < 4.78 is 6.12. The zero-order chi connectivity index (χ0) is 13.4. The van der Waals surface area contributed by atoms with Gasteiger partial charge >= 0.3 is 0 Å². The molecule has 0 saturated carbocycles. The molecule has 2 N–H and O–H groups in total. The number of ether oxygens (including phenoxy) is 1. The Bertz CT molecular complexity index is 606. The predicted octanol–water partition coefficient (Wildman–Crippen LogP) is 3.83. The minimum absolute atomic E-state index is 0.0502. The molecule has 0 radical (unpaired) electrons. The Kier molecular flexibility index (Phi) is 3.03. The monoisotopic (exact) mass is 253 g/mol. The van der Waals surface area contributed by atoms with Gasteiger partial charge in [0.15, 0.2) is 0 Å². The zero-order valence-electron chi connectivity index (χ0n) is 11.4. The fourth-order valence-electron chi connectivity index (χ4n) is 2.70. The maximum atomic E-state index is 6.30. The van der Waals surface area contributed by atoms with E-state index in [9.17, 15) is 0 Å². The van der Waals surface area contributed by atoms with Gasteiger partial charge in [0.1, 0.15) is 11.9 Å². The normalized spacial score (nSPS) is 21.6. The number of hydrogen-bond acceptors (Lipinski definition) is 2. The summed E-state index contributed by atoms with van der Waals surface area (Å²) in [7, 11) is 0. The molecule has 0 amide bonds. The topological polar surface area (TPSA) is 35.2 Å². The van der Waals surface area contributed by atoms with Crippen molar-refractivity contribution in [3.8, 4) is 5.75 Å². The number of hydrogen-bond donors (Lipinski definition) is 1. The fourth-order valence-corrected chi connectivity index (χ4v) is 2.70. The average molecular weight is 253 g/mol. The highest BCUT2D eigenvalue weighted by Crippen LogP contribution is 2.40. The summed E-state index contributed by atoms with van der Waals surface area (Å²) in [5.74, 6) is 0.927. The van der Waals surface area contributed by atoms with Gasteiger partial charge in [0.2, 0.25) is 0 Å². The third-order valence-corrected chi connectivity index (χ3v) is 3.72. The van der Waals surface area contributed by atoms with Gasteiger partial charge in [-0.1, -0.05) is 47.5 Å². The largest absolute Gasteiger partial charge is 0.485 e. The average Bonchev–Trinajstić information content (AvgIpc) is 2.39. The van der Waals surface area contributed by atoms with Gasteiger partial charge in [-0.05, 0) is 25.5 Å². The van der Waals surface area contributed by atoms with E-state index in [4.69, 9.17) is 10.5 Å². The van der Waals surface area contributed by atoms with Crippen molar-refractivity contribution in [3.05, 3.63) is 64.7 Å². The Balaban J connectivity index is 1.95. The van der Waals surface area contributed by atoms with Crippen LogP contribution in [0.25, 0.3) is 0 Å². The first-order valence-electron chi connectivity index (χ1n) is 6.73. The number of benzene rings is 2. The highest BCUT2D eigenvalue weighted by atomic mass is 16.5. The quantitative estimate of drug-likeness (QED) is 0.838. The Morgan fingerprint density at radius 1 is 1.05 bits per heavy atom. The Morgan fingerprint density at radius 2 is 1.84 bits per heavy atom. The molecule has 0 fully saturated rings. The summed E-state index contributed by atoms with van der Waals surface area (Å²) >= 11 is 0. The molecular formula is C17H19NO.